The molecule has 6 amide bonds. The Labute approximate surface area is 388 Å². The number of hydrogen-bond acceptors (Lipinski definition) is 9. The number of anilines is 3. The molecule has 356 valence electrons. The van der Waals surface area contributed by atoms with E-state index in [-0.39, 0.29) is 41.1 Å². The number of nitrogens with zero attached hydrogens (tertiary/aromatic N) is 4. The van der Waals surface area contributed by atoms with Crippen LogP contribution in [0.3, 0.4) is 0 Å². The van der Waals surface area contributed by atoms with Gasteiger partial charge in [0.1, 0.15) is 24.2 Å². The van der Waals surface area contributed by atoms with Crippen molar-refractivity contribution in [2.75, 3.05) is 49.9 Å². The molecule has 0 radical (unpaired) electrons. The summed E-state index contributed by atoms with van der Waals surface area (Å²) in [7, 11) is 4.00. The fourth-order valence-corrected chi connectivity index (χ4v) is 9.57. The average molecular weight is 910 g/mol. The van der Waals surface area contributed by atoms with Crippen LogP contribution in [0.25, 0.3) is 0 Å². The first-order valence-corrected chi connectivity index (χ1v) is 23.0. The molecule has 16 heteroatoms. The van der Waals surface area contributed by atoms with Crippen LogP contribution in [0.15, 0.2) is 72.8 Å². The van der Waals surface area contributed by atoms with Crippen LogP contribution in [0, 0.1) is 5.92 Å². The monoisotopic (exact) mass is 910 g/mol. The van der Waals surface area contributed by atoms with Gasteiger partial charge in [0, 0.05) is 44.3 Å². The number of amides is 6. The molecule has 7 atom stereocenters. The molecule has 3 aliphatic rings. The van der Waals surface area contributed by atoms with Crippen LogP contribution >= 0.6 is 0 Å². The molecule has 6 rings (SSSR count). The summed E-state index contributed by atoms with van der Waals surface area (Å²) in [6, 6.07) is 21.1. The lowest BCUT2D eigenvalue weighted by molar-refractivity contribution is -0.144. The van der Waals surface area contributed by atoms with Crippen molar-refractivity contribution in [1.82, 2.24) is 20.0 Å². The number of benzene rings is 3. The smallest absolute Gasteiger partial charge is 0.407 e. The molecule has 0 unspecified atom stereocenters. The van der Waals surface area contributed by atoms with Crippen molar-refractivity contribution in [2.24, 2.45) is 5.92 Å². The number of carbonyl (C=O) groups is 6. The van der Waals surface area contributed by atoms with Gasteiger partial charge in [-0.15, -0.1) is 0 Å². The van der Waals surface area contributed by atoms with E-state index in [4.69, 9.17) is 9.47 Å². The lowest BCUT2D eigenvalue weighted by atomic mass is 9.87. The minimum absolute atomic E-state index is 0.00252. The van der Waals surface area contributed by atoms with Crippen LogP contribution < -0.4 is 20.9 Å². The van der Waals surface area contributed by atoms with E-state index < -0.39 is 48.4 Å². The maximum atomic E-state index is 13.7. The van der Waals surface area contributed by atoms with Gasteiger partial charge in [0.2, 0.25) is 23.6 Å². The van der Waals surface area contributed by atoms with E-state index in [2.05, 4.69) is 65.9 Å². The highest BCUT2D eigenvalue weighted by Gasteiger charge is 2.43. The number of carboxylic acid groups (broad SMARTS) is 1. The van der Waals surface area contributed by atoms with Gasteiger partial charge in [-0.3, -0.25) is 24.1 Å². The highest BCUT2D eigenvalue weighted by Crippen LogP contribution is 2.47. The Morgan fingerprint density at radius 1 is 0.697 bits per heavy atom. The van der Waals surface area contributed by atoms with E-state index in [0.717, 1.165) is 34.6 Å². The standard InChI is InChI=1S/C50H67N7O9/c1-30(2)42(53-48(62)66-9)46(60)55-28-10-12-40(55)44(58)51-35-20-14-32(15-21-35)38-26-27-39(57(38)37-24-18-34(19-25-37)50(4,5)6)33-16-22-36(23-17-33)52-45(59)41-13-11-29-56(41)47(61)43(31(3)65-8)54(7)49(63)64/h14-25,30-31,38-43H,10-13,26-29H2,1-9H3,(H,51,58)(H,52,59)(H,53,62)(H,63,64)/t31-,38+,39+,40+,41+,42+,43+/m1/s1. The first kappa shape index (κ1) is 49.3. The third kappa shape index (κ3) is 10.9. The largest absolute Gasteiger partial charge is 0.465 e. The number of likely N-dealkylation sites (tertiary alicyclic amines) is 2. The number of likely N-dealkylation sites (N-methyl/N-ethyl adjacent to an activating group) is 1. The number of ether oxygens (including phenoxy) is 2. The van der Waals surface area contributed by atoms with E-state index >= 15 is 0 Å². The molecule has 3 fully saturated rings. The number of methoxy groups -OCH3 is 2. The minimum atomic E-state index is -1.26. The Balaban J connectivity index is 1.18. The predicted molar refractivity (Wildman–Crippen MR) is 252 cm³/mol. The van der Waals surface area contributed by atoms with Gasteiger partial charge >= 0.3 is 12.2 Å². The van der Waals surface area contributed by atoms with Gasteiger partial charge in [-0.1, -0.05) is 71.0 Å². The van der Waals surface area contributed by atoms with Crippen molar-refractivity contribution < 1.29 is 43.3 Å². The topological polar surface area (TPSA) is 190 Å². The van der Waals surface area contributed by atoms with Gasteiger partial charge in [0.25, 0.3) is 0 Å². The second kappa shape index (κ2) is 21.0. The molecular formula is C50H67N7O9. The summed E-state index contributed by atoms with van der Waals surface area (Å²) in [4.78, 5) is 85.0. The quantitative estimate of drug-likeness (QED) is 0.128. The van der Waals surface area contributed by atoms with Crippen LogP contribution in [0.2, 0.25) is 0 Å². The zero-order valence-electron chi connectivity index (χ0n) is 39.7. The van der Waals surface area contributed by atoms with Gasteiger partial charge in [-0.25, -0.2) is 9.59 Å². The van der Waals surface area contributed by atoms with Gasteiger partial charge in [0.05, 0.1) is 25.3 Å². The molecule has 0 bridgehead atoms. The van der Waals surface area contributed by atoms with Crippen molar-refractivity contribution in [3.63, 3.8) is 0 Å². The van der Waals surface area contributed by atoms with E-state index in [1.54, 1.807) is 11.8 Å². The minimum Gasteiger partial charge on any atom is -0.465 e. The molecule has 4 N–H and O–H groups in total. The zero-order valence-corrected chi connectivity index (χ0v) is 39.7. The molecule has 0 saturated carbocycles. The van der Waals surface area contributed by atoms with Crippen LogP contribution in [0.4, 0.5) is 26.7 Å². The van der Waals surface area contributed by atoms with Crippen LogP contribution in [0.1, 0.15) is 109 Å². The summed E-state index contributed by atoms with van der Waals surface area (Å²) in [5.41, 5.74) is 5.62. The molecule has 0 aliphatic carbocycles. The van der Waals surface area contributed by atoms with Crippen molar-refractivity contribution in [1.29, 1.82) is 0 Å². The molecule has 3 aromatic rings. The first-order valence-electron chi connectivity index (χ1n) is 23.0. The Bertz CT molecular complexity index is 2210. The lowest BCUT2D eigenvalue weighted by Crippen LogP contribution is -2.56. The molecule has 3 saturated heterocycles. The maximum Gasteiger partial charge on any atom is 0.407 e. The Morgan fingerprint density at radius 2 is 1.17 bits per heavy atom. The number of rotatable bonds is 14. The van der Waals surface area contributed by atoms with Crippen LogP contribution in [-0.4, -0.2) is 120 Å². The highest BCUT2D eigenvalue weighted by molar-refractivity contribution is 5.99. The van der Waals surface area contributed by atoms with Gasteiger partial charge < -0.3 is 45.2 Å². The van der Waals surface area contributed by atoms with Crippen molar-refractivity contribution in [2.45, 2.75) is 128 Å². The van der Waals surface area contributed by atoms with Gasteiger partial charge in [-0.2, -0.15) is 0 Å². The normalized spacial score (nSPS) is 21.0. The molecule has 3 aliphatic heterocycles. The second-order valence-electron chi connectivity index (χ2n) is 19.1. The Morgan fingerprint density at radius 3 is 1.58 bits per heavy atom. The van der Waals surface area contributed by atoms with Crippen molar-refractivity contribution in [3.05, 3.63) is 89.5 Å². The maximum absolute atomic E-state index is 13.7. The molecule has 0 spiro atoms. The lowest BCUT2D eigenvalue weighted by Gasteiger charge is -2.34. The zero-order chi connectivity index (χ0) is 48.0. The third-order valence-electron chi connectivity index (χ3n) is 13.4. The van der Waals surface area contributed by atoms with Crippen molar-refractivity contribution >= 4 is 52.9 Å². The SMILES string of the molecule is COC(=O)N[C@H](C(=O)N1CCC[C@H]1C(=O)Nc1ccc([C@@H]2CC[C@@H](c3ccc(NC(=O)[C@@H]4CCCN4C(=O)[C@H]([C@@H](C)OC)N(C)C(=O)O)cc3)N2c2ccc(C(C)(C)C)cc2)cc1)C(C)C. The average Bonchev–Trinajstić information content (AvgIpc) is 4.09. The summed E-state index contributed by atoms with van der Waals surface area (Å²) in [6.45, 7) is 12.6. The summed E-state index contributed by atoms with van der Waals surface area (Å²) in [5.74, 6) is -1.60. The van der Waals surface area contributed by atoms with E-state index in [1.165, 1.54) is 31.7 Å². The summed E-state index contributed by atoms with van der Waals surface area (Å²) in [6.07, 6.45) is 1.29. The number of carbonyl (C=O) groups excluding carboxylic acids is 5. The first-order chi connectivity index (χ1) is 31.3. The van der Waals surface area contributed by atoms with Crippen LogP contribution in [-0.2, 0) is 34.1 Å². The third-order valence-corrected chi connectivity index (χ3v) is 13.4. The summed E-state index contributed by atoms with van der Waals surface area (Å²) in [5, 5.41) is 18.3. The van der Waals surface area contributed by atoms with Gasteiger partial charge in [-0.05, 0) is 110 Å². The van der Waals surface area contributed by atoms with Gasteiger partial charge in [0.15, 0.2) is 0 Å². The summed E-state index contributed by atoms with van der Waals surface area (Å²) < 4.78 is 10.1. The molecule has 16 nitrogen and oxygen atoms in total. The Hall–Kier alpha value is -6.16. The Kier molecular flexibility index (Phi) is 15.7. The fourth-order valence-electron chi connectivity index (χ4n) is 9.57. The molecule has 66 heavy (non-hydrogen) atoms. The summed E-state index contributed by atoms with van der Waals surface area (Å²) >= 11 is 0. The van der Waals surface area contributed by atoms with E-state index in [9.17, 15) is 33.9 Å². The molecule has 0 aromatic heterocycles. The molecule has 3 heterocycles. The predicted octanol–water partition coefficient (Wildman–Crippen LogP) is 7.32. The highest BCUT2D eigenvalue weighted by atomic mass is 16.5. The molecular weight excluding hydrogens is 843 g/mol. The number of nitrogens with one attached hydrogen (secondary N) is 3. The number of hydrogen-bond donors (Lipinski definition) is 4. The van der Waals surface area contributed by atoms with Crippen LogP contribution in [0.5, 0.6) is 0 Å². The van der Waals surface area contributed by atoms with E-state index in [1.807, 2.05) is 62.4 Å². The van der Waals surface area contributed by atoms with E-state index in [0.29, 0.717) is 50.1 Å². The molecule has 3 aromatic carbocycles. The second-order valence-corrected chi connectivity index (χ2v) is 19.1. The fraction of sp³-hybridized carbons (Fsp3) is 0.520. The number of alkyl carbamates (subject to hydrolysis) is 1. The van der Waals surface area contributed by atoms with Crippen molar-refractivity contribution in [3.8, 4) is 0 Å².